The van der Waals surface area contributed by atoms with Crippen molar-refractivity contribution in [3.8, 4) is 11.6 Å². The summed E-state index contributed by atoms with van der Waals surface area (Å²) >= 11 is 0. The molecule has 0 aliphatic heterocycles. The first-order chi connectivity index (χ1) is 13.8. The van der Waals surface area contributed by atoms with Gasteiger partial charge in [0.1, 0.15) is 0 Å². The SMILES string of the molecule is O=C(NCc1ccccc1)Nc1ccccc1Cc1nc(-c2ccco2)no1. The minimum Gasteiger partial charge on any atom is -0.461 e. The number of nitrogens with one attached hydrogen (secondary N) is 2. The monoisotopic (exact) mass is 374 g/mol. The standard InChI is InChI=1S/C21H18N4O3/c26-21(22-14-15-7-2-1-3-8-15)23-17-10-5-4-9-16(17)13-19-24-20(25-28-19)18-11-6-12-27-18/h1-12H,13-14H2,(H2,22,23,26). The second kappa shape index (κ2) is 8.22. The minimum atomic E-state index is -0.280. The van der Waals surface area contributed by atoms with Gasteiger partial charge in [-0.3, -0.25) is 0 Å². The Hall–Kier alpha value is -3.87. The molecule has 7 heteroatoms. The number of carbonyl (C=O) groups excluding carboxylic acids is 1. The predicted molar refractivity (Wildman–Crippen MR) is 104 cm³/mol. The molecule has 0 saturated carbocycles. The van der Waals surface area contributed by atoms with Crippen molar-refractivity contribution in [2.24, 2.45) is 0 Å². The number of anilines is 1. The Morgan fingerprint density at radius 3 is 2.61 bits per heavy atom. The second-order valence-corrected chi connectivity index (χ2v) is 6.12. The van der Waals surface area contributed by atoms with Crippen molar-refractivity contribution in [3.63, 3.8) is 0 Å². The van der Waals surface area contributed by atoms with Gasteiger partial charge in [-0.05, 0) is 29.3 Å². The first-order valence-electron chi connectivity index (χ1n) is 8.81. The third-order valence-electron chi connectivity index (χ3n) is 4.11. The molecule has 2 N–H and O–H groups in total. The van der Waals surface area contributed by atoms with E-state index in [0.717, 1.165) is 11.1 Å². The molecule has 0 bridgehead atoms. The number of carbonyl (C=O) groups is 1. The molecule has 0 radical (unpaired) electrons. The Balaban J connectivity index is 1.41. The molecule has 0 unspecified atom stereocenters. The lowest BCUT2D eigenvalue weighted by atomic mass is 10.1. The Bertz CT molecular complexity index is 1040. The van der Waals surface area contributed by atoms with Crippen LogP contribution in [0.5, 0.6) is 0 Å². The largest absolute Gasteiger partial charge is 0.461 e. The first kappa shape index (κ1) is 17.5. The van der Waals surface area contributed by atoms with Crippen molar-refractivity contribution in [3.05, 3.63) is 90.0 Å². The minimum absolute atomic E-state index is 0.280. The molecule has 0 fully saturated rings. The normalized spacial score (nSPS) is 10.6. The lowest BCUT2D eigenvalue weighted by Crippen LogP contribution is -2.28. The summed E-state index contributed by atoms with van der Waals surface area (Å²) in [5.41, 5.74) is 2.58. The molecule has 0 spiro atoms. The molecule has 0 aliphatic carbocycles. The van der Waals surface area contributed by atoms with Crippen LogP contribution in [0.3, 0.4) is 0 Å². The van der Waals surface area contributed by atoms with Crippen molar-refractivity contribution < 1.29 is 13.7 Å². The lowest BCUT2D eigenvalue weighted by Gasteiger charge is -2.11. The molecule has 0 saturated heterocycles. The van der Waals surface area contributed by atoms with E-state index < -0.39 is 0 Å². The number of amides is 2. The Morgan fingerprint density at radius 1 is 0.964 bits per heavy atom. The van der Waals surface area contributed by atoms with Crippen molar-refractivity contribution in [2.45, 2.75) is 13.0 Å². The van der Waals surface area contributed by atoms with Crippen LogP contribution in [-0.2, 0) is 13.0 Å². The summed E-state index contributed by atoms with van der Waals surface area (Å²) in [6, 6.07) is 20.5. The maximum Gasteiger partial charge on any atom is 0.319 e. The van der Waals surface area contributed by atoms with Crippen LogP contribution >= 0.6 is 0 Å². The average molecular weight is 374 g/mol. The summed E-state index contributed by atoms with van der Waals surface area (Å²) < 4.78 is 10.6. The van der Waals surface area contributed by atoms with E-state index in [-0.39, 0.29) is 6.03 Å². The highest BCUT2D eigenvalue weighted by atomic mass is 16.5. The molecule has 2 amide bonds. The summed E-state index contributed by atoms with van der Waals surface area (Å²) in [6.07, 6.45) is 1.95. The van der Waals surface area contributed by atoms with Gasteiger partial charge in [0.25, 0.3) is 0 Å². The van der Waals surface area contributed by atoms with E-state index in [0.29, 0.717) is 36.1 Å². The van der Waals surface area contributed by atoms with Gasteiger partial charge in [0.2, 0.25) is 11.7 Å². The number of urea groups is 1. The van der Waals surface area contributed by atoms with Gasteiger partial charge in [0.15, 0.2) is 5.76 Å². The number of benzene rings is 2. The van der Waals surface area contributed by atoms with Crippen LogP contribution < -0.4 is 10.6 Å². The van der Waals surface area contributed by atoms with Crippen LogP contribution in [0.2, 0.25) is 0 Å². The number of hydrogen-bond donors (Lipinski definition) is 2. The Morgan fingerprint density at radius 2 is 1.79 bits per heavy atom. The van der Waals surface area contributed by atoms with E-state index in [9.17, 15) is 4.79 Å². The number of hydrogen-bond acceptors (Lipinski definition) is 5. The van der Waals surface area contributed by atoms with Crippen LogP contribution in [-0.4, -0.2) is 16.2 Å². The number of furan rings is 1. The first-order valence-corrected chi connectivity index (χ1v) is 8.81. The van der Waals surface area contributed by atoms with E-state index in [1.165, 1.54) is 0 Å². The topological polar surface area (TPSA) is 93.2 Å². The van der Waals surface area contributed by atoms with Gasteiger partial charge >= 0.3 is 6.03 Å². The smallest absolute Gasteiger partial charge is 0.319 e. The van der Waals surface area contributed by atoms with Gasteiger partial charge in [0.05, 0.1) is 12.7 Å². The van der Waals surface area contributed by atoms with Crippen LogP contribution in [0, 0.1) is 0 Å². The van der Waals surface area contributed by atoms with Crippen LogP contribution in [0.1, 0.15) is 17.0 Å². The number of rotatable bonds is 6. The van der Waals surface area contributed by atoms with Gasteiger partial charge in [-0.2, -0.15) is 4.98 Å². The van der Waals surface area contributed by atoms with Gasteiger partial charge in [-0.1, -0.05) is 53.7 Å². The number of aromatic nitrogens is 2. The molecule has 140 valence electrons. The van der Waals surface area contributed by atoms with E-state index in [1.54, 1.807) is 18.4 Å². The lowest BCUT2D eigenvalue weighted by molar-refractivity contribution is 0.251. The zero-order chi connectivity index (χ0) is 19.2. The van der Waals surface area contributed by atoms with Crippen LogP contribution in [0.4, 0.5) is 10.5 Å². The summed E-state index contributed by atoms with van der Waals surface area (Å²) in [5.74, 6) is 1.37. The summed E-state index contributed by atoms with van der Waals surface area (Å²) in [4.78, 5) is 16.6. The molecule has 0 aliphatic rings. The number of nitrogens with zero attached hydrogens (tertiary/aromatic N) is 2. The van der Waals surface area contributed by atoms with Crippen LogP contribution in [0.25, 0.3) is 11.6 Å². The number of para-hydroxylation sites is 1. The van der Waals surface area contributed by atoms with Gasteiger partial charge in [0, 0.05) is 12.2 Å². The zero-order valence-corrected chi connectivity index (χ0v) is 15.0. The molecule has 0 atom stereocenters. The van der Waals surface area contributed by atoms with Crippen molar-refractivity contribution in [1.29, 1.82) is 0 Å². The molecule has 7 nitrogen and oxygen atoms in total. The molecule has 28 heavy (non-hydrogen) atoms. The van der Waals surface area contributed by atoms with E-state index >= 15 is 0 Å². The fourth-order valence-corrected chi connectivity index (χ4v) is 2.74. The summed E-state index contributed by atoms with van der Waals surface area (Å²) in [6.45, 7) is 0.449. The molecule has 2 aromatic heterocycles. The van der Waals surface area contributed by atoms with E-state index in [2.05, 4.69) is 20.8 Å². The van der Waals surface area contributed by atoms with E-state index in [4.69, 9.17) is 8.94 Å². The van der Waals surface area contributed by atoms with E-state index in [1.807, 2.05) is 54.6 Å². The third kappa shape index (κ3) is 4.27. The quantitative estimate of drug-likeness (QED) is 0.526. The Kier molecular flexibility index (Phi) is 5.15. The third-order valence-corrected chi connectivity index (χ3v) is 4.11. The molecule has 2 aromatic carbocycles. The molecular weight excluding hydrogens is 356 g/mol. The zero-order valence-electron chi connectivity index (χ0n) is 15.0. The predicted octanol–water partition coefficient (Wildman–Crippen LogP) is 4.24. The van der Waals surface area contributed by atoms with Crippen molar-refractivity contribution in [2.75, 3.05) is 5.32 Å². The van der Waals surface area contributed by atoms with Crippen molar-refractivity contribution >= 4 is 11.7 Å². The fourth-order valence-electron chi connectivity index (χ4n) is 2.74. The maximum absolute atomic E-state index is 12.3. The van der Waals surface area contributed by atoms with Crippen molar-refractivity contribution in [1.82, 2.24) is 15.5 Å². The van der Waals surface area contributed by atoms with Gasteiger partial charge in [-0.15, -0.1) is 0 Å². The highest BCUT2D eigenvalue weighted by Crippen LogP contribution is 2.21. The van der Waals surface area contributed by atoms with Gasteiger partial charge in [-0.25, -0.2) is 4.79 Å². The summed E-state index contributed by atoms with van der Waals surface area (Å²) in [7, 11) is 0. The Labute approximate surface area is 161 Å². The second-order valence-electron chi connectivity index (χ2n) is 6.12. The summed E-state index contributed by atoms with van der Waals surface area (Å²) in [5, 5.41) is 9.65. The molecule has 4 rings (SSSR count). The average Bonchev–Trinajstić information content (AvgIpc) is 3.41. The maximum atomic E-state index is 12.3. The molecule has 2 heterocycles. The highest BCUT2D eigenvalue weighted by Gasteiger charge is 2.14. The fraction of sp³-hybridized carbons (Fsp3) is 0.0952. The highest BCUT2D eigenvalue weighted by molar-refractivity contribution is 5.90. The van der Waals surface area contributed by atoms with Crippen LogP contribution in [0.15, 0.2) is 81.9 Å². The molecule has 4 aromatic rings. The molecular formula is C21H18N4O3. The van der Waals surface area contributed by atoms with Gasteiger partial charge < -0.3 is 19.6 Å².